The van der Waals surface area contributed by atoms with Crippen LogP contribution in [0.3, 0.4) is 0 Å². The molecule has 1 rings (SSSR count). The Morgan fingerprint density at radius 3 is 2.47 bits per heavy atom. The van der Waals surface area contributed by atoms with Crippen molar-refractivity contribution in [1.82, 2.24) is 0 Å². The molecule has 0 spiro atoms. The highest BCUT2D eigenvalue weighted by atomic mass is 35.5. The molecule has 1 N–H and O–H groups in total. The lowest BCUT2D eigenvalue weighted by Crippen LogP contribution is -2.13. The number of alkyl halides is 1. The van der Waals surface area contributed by atoms with Gasteiger partial charge in [-0.15, -0.1) is 11.6 Å². The zero-order valence-corrected chi connectivity index (χ0v) is 10.1. The first kappa shape index (κ1) is 12.3. The number of hydrogen-bond acceptors (Lipinski definition) is 2. The molecule has 0 fully saturated rings. The van der Waals surface area contributed by atoms with Crippen LogP contribution in [0.2, 0.25) is 0 Å². The fourth-order valence-electron chi connectivity index (χ4n) is 1.51. The van der Waals surface area contributed by atoms with Gasteiger partial charge < -0.3 is 9.84 Å². The van der Waals surface area contributed by atoms with Crippen LogP contribution in [0.4, 0.5) is 0 Å². The van der Waals surface area contributed by atoms with Gasteiger partial charge in [-0.1, -0.05) is 6.07 Å². The van der Waals surface area contributed by atoms with Crippen molar-refractivity contribution in [3.05, 3.63) is 28.8 Å². The highest BCUT2D eigenvalue weighted by molar-refractivity contribution is 6.18. The number of halogens is 1. The van der Waals surface area contributed by atoms with Crippen molar-refractivity contribution in [2.75, 3.05) is 13.0 Å². The Hall–Kier alpha value is -0.730. The maximum atomic E-state index is 9.50. The van der Waals surface area contributed by atoms with Crippen LogP contribution in [0.5, 0.6) is 5.75 Å². The van der Waals surface area contributed by atoms with Gasteiger partial charge in [0.25, 0.3) is 0 Å². The molecule has 0 aliphatic heterocycles. The smallest absolute Gasteiger partial charge is 0.122 e. The van der Waals surface area contributed by atoms with Gasteiger partial charge in [0.2, 0.25) is 0 Å². The van der Waals surface area contributed by atoms with E-state index < -0.39 is 6.10 Å². The lowest BCUT2D eigenvalue weighted by atomic mass is 10.0. The highest BCUT2D eigenvalue weighted by Crippen LogP contribution is 2.24. The van der Waals surface area contributed by atoms with Crippen LogP contribution in [-0.2, 0) is 6.42 Å². The van der Waals surface area contributed by atoms with E-state index in [0.717, 1.165) is 11.3 Å². The molecule has 1 aromatic carbocycles. The van der Waals surface area contributed by atoms with Crippen molar-refractivity contribution in [2.24, 2.45) is 0 Å². The summed E-state index contributed by atoms with van der Waals surface area (Å²) in [4.78, 5) is 0. The minimum Gasteiger partial charge on any atom is -0.496 e. The van der Waals surface area contributed by atoms with Gasteiger partial charge in [-0.05, 0) is 36.6 Å². The van der Waals surface area contributed by atoms with E-state index in [9.17, 15) is 5.11 Å². The molecule has 84 valence electrons. The molecule has 0 amide bonds. The van der Waals surface area contributed by atoms with Crippen molar-refractivity contribution in [3.8, 4) is 5.75 Å². The maximum absolute atomic E-state index is 9.50. The second-order valence-electron chi connectivity index (χ2n) is 3.76. The Kier molecular flexibility index (Phi) is 4.43. The number of aliphatic hydroxyl groups is 1. The molecule has 2 nitrogen and oxygen atoms in total. The molecular formula is C12H17ClO2. The van der Waals surface area contributed by atoms with Gasteiger partial charge in [0.15, 0.2) is 0 Å². The monoisotopic (exact) mass is 228 g/mol. The standard InChI is InChI=1S/C12H17ClO2/c1-8-4-10(6-11(14)7-13)12(15-3)5-9(8)2/h4-5,11,14H,6-7H2,1-3H3. The van der Waals surface area contributed by atoms with Crippen molar-refractivity contribution in [1.29, 1.82) is 0 Å². The molecule has 3 heteroatoms. The molecule has 0 saturated heterocycles. The van der Waals surface area contributed by atoms with Crippen LogP contribution in [-0.4, -0.2) is 24.2 Å². The number of aryl methyl sites for hydroxylation is 2. The number of benzene rings is 1. The van der Waals surface area contributed by atoms with E-state index in [1.54, 1.807) is 7.11 Å². The van der Waals surface area contributed by atoms with E-state index in [0.29, 0.717) is 6.42 Å². The fraction of sp³-hybridized carbons (Fsp3) is 0.500. The zero-order chi connectivity index (χ0) is 11.4. The van der Waals surface area contributed by atoms with Crippen molar-refractivity contribution >= 4 is 11.6 Å². The number of hydrogen-bond donors (Lipinski definition) is 1. The molecular weight excluding hydrogens is 212 g/mol. The van der Waals surface area contributed by atoms with Crippen LogP contribution >= 0.6 is 11.6 Å². The molecule has 0 aliphatic rings. The van der Waals surface area contributed by atoms with Gasteiger partial charge in [-0.2, -0.15) is 0 Å². The third-order valence-electron chi connectivity index (χ3n) is 2.53. The summed E-state index contributed by atoms with van der Waals surface area (Å²) in [6.45, 7) is 4.09. The number of ether oxygens (including phenoxy) is 1. The topological polar surface area (TPSA) is 29.5 Å². The molecule has 0 heterocycles. The van der Waals surface area contributed by atoms with Gasteiger partial charge >= 0.3 is 0 Å². The summed E-state index contributed by atoms with van der Waals surface area (Å²) < 4.78 is 5.27. The van der Waals surface area contributed by atoms with E-state index in [1.807, 2.05) is 26.0 Å². The summed E-state index contributed by atoms with van der Waals surface area (Å²) in [6.07, 6.45) is 0.0241. The Morgan fingerprint density at radius 1 is 1.33 bits per heavy atom. The lowest BCUT2D eigenvalue weighted by Gasteiger charge is -2.13. The minimum absolute atomic E-state index is 0.246. The molecule has 0 aliphatic carbocycles. The van der Waals surface area contributed by atoms with E-state index in [4.69, 9.17) is 16.3 Å². The lowest BCUT2D eigenvalue weighted by molar-refractivity contribution is 0.197. The first-order valence-electron chi connectivity index (χ1n) is 4.96. The molecule has 1 atom stereocenters. The Morgan fingerprint density at radius 2 is 1.93 bits per heavy atom. The third-order valence-corrected chi connectivity index (χ3v) is 2.89. The number of aliphatic hydroxyl groups excluding tert-OH is 1. The van der Waals surface area contributed by atoms with Crippen LogP contribution < -0.4 is 4.74 Å². The van der Waals surface area contributed by atoms with Crippen LogP contribution in [0.1, 0.15) is 16.7 Å². The average Bonchev–Trinajstić information content (AvgIpc) is 2.22. The normalized spacial score (nSPS) is 12.6. The van der Waals surface area contributed by atoms with E-state index in [2.05, 4.69) is 0 Å². The quantitative estimate of drug-likeness (QED) is 0.803. The molecule has 0 bridgehead atoms. The molecule has 15 heavy (non-hydrogen) atoms. The second-order valence-corrected chi connectivity index (χ2v) is 4.07. The largest absolute Gasteiger partial charge is 0.496 e. The first-order valence-corrected chi connectivity index (χ1v) is 5.50. The van der Waals surface area contributed by atoms with Crippen LogP contribution in [0.15, 0.2) is 12.1 Å². The van der Waals surface area contributed by atoms with E-state index in [1.165, 1.54) is 11.1 Å². The second kappa shape index (κ2) is 5.38. The van der Waals surface area contributed by atoms with Gasteiger partial charge in [0.1, 0.15) is 5.75 Å². The Bertz CT molecular complexity index is 337. The molecule has 0 aromatic heterocycles. The molecule has 1 unspecified atom stereocenters. The first-order chi connectivity index (χ1) is 7.08. The molecule has 0 radical (unpaired) electrons. The van der Waals surface area contributed by atoms with Crippen molar-refractivity contribution in [3.63, 3.8) is 0 Å². The SMILES string of the molecule is COc1cc(C)c(C)cc1CC(O)CCl. The Balaban J connectivity index is 2.99. The summed E-state index contributed by atoms with van der Waals surface area (Å²) in [5.74, 6) is 1.07. The van der Waals surface area contributed by atoms with Gasteiger partial charge in [0, 0.05) is 12.3 Å². The van der Waals surface area contributed by atoms with Gasteiger partial charge in [0.05, 0.1) is 13.2 Å². The highest BCUT2D eigenvalue weighted by Gasteiger charge is 2.10. The van der Waals surface area contributed by atoms with Crippen LogP contribution in [0, 0.1) is 13.8 Å². The summed E-state index contributed by atoms with van der Waals surface area (Å²) in [6, 6.07) is 4.04. The zero-order valence-electron chi connectivity index (χ0n) is 9.38. The van der Waals surface area contributed by atoms with E-state index >= 15 is 0 Å². The Labute approximate surface area is 95.8 Å². The summed E-state index contributed by atoms with van der Waals surface area (Å²) >= 11 is 5.58. The van der Waals surface area contributed by atoms with Crippen molar-refractivity contribution in [2.45, 2.75) is 26.4 Å². The predicted molar refractivity (Wildman–Crippen MR) is 62.9 cm³/mol. The third kappa shape index (κ3) is 3.11. The molecule has 0 saturated carbocycles. The summed E-state index contributed by atoms with van der Waals surface area (Å²) in [5.41, 5.74) is 3.40. The summed E-state index contributed by atoms with van der Waals surface area (Å²) in [5, 5.41) is 9.50. The number of rotatable bonds is 4. The van der Waals surface area contributed by atoms with Gasteiger partial charge in [-0.25, -0.2) is 0 Å². The summed E-state index contributed by atoms with van der Waals surface area (Å²) in [7, 11) is 1.64. The predicted octanol–water partition coefficient (Wildman–Crippen LogP) is 2.45. The van der Waals surface area contributed by atoms with Gasteiger partial charge in [-0.3, -0.25) is 0 Å². The molecule has 1 aromatic rings. The van der Waals surface area contributed by atoms with E-state index in [-0.39, 0.29) is 5.88 Å². The van der Waals surface area contributed by atoms with Crippen LogP contribution in [0.25, 0.3) is 0 Å². The van der Waals surface area contributed by atoms with Crippen molar-refractivity contribution < 1.29 is 9.84 Å². The number of methoxy groups -OCH3 is 1. The fourth-order valence-corrected chi connectivity index (χ4v) is 1.62. The average molecular weight is 229 g/mol. The minimum atomic E-state index is -0.511. The maximum Gasteiger partial charge on any atom is 0.122 e.